The highest BCUT2D eigenvalue weighted by Crippen LogP contribution is 2.40. The summed E-state index contributed by atoms with van der Waals surface area (Å²) in [6, 6.07) is -0.127. The molecule has 0 aromatic carbocycles. The summed E-state index contributed by atoms with van der Waals surface area (Å²) in [4.78, 5) is 15.6. The lowest BCUT2D eigenvalue weighted by Crippen LogP contribution is -2.49. The average molecular weight is 333 g/mol. The first-order chi connectivity index (χ1) is 10.6. The van der Waals surface area contributed by atoms with Crippen molar-refractivity contribution in [3.63, 3.8) is 0 Å². The average Bonchev–Trinajstić information content (AvgIpc) is 2.86. The van der Waals surface area contributed by atoms with Gasteiger partial charge in [-0.2, -0.15) is 13.2 Å². The maximum absolute atomic E-state index is 13.4. The number of halogens is 3. The minimum atomic E-state index is -5.00. The van der Waals surface area contributed by atoms with Crippen molar-refractivity contribution in [2.45, 2.75) is 56.8 Å². The zero-order valence-corrected chi connectivity index (χ0v) is 13.2. The summed E-state index contributed by atoms with van der Waals surface area (Å²) in [5, 5.41) is 12.8. The SMILES string of the molecule is CC1CCC(NC(=O)C[C@@](O)(c2nccn2C)C(F)(F)F)CC1. The number of alkyl halides is 3. The van der Waals surface area contributed by atoms with E-state index < -0.39 is 29.9 Å². The van der Waals surface area contributed by atoms with Gasteiger partial charge in [-0.05, 0) is 31.6 Å². The summed E-state index contributed by atoms with van der Waals surface area (Å²) in [7, 11) is 1.35. The molecule has 2 N–H and O–H groups in total. The zero-order chi connectivity index (χ0) is 17.3. The summed E-state index contributed by atoms with van der Waals surface area (Å²) >= 11 is 0. The van der Waals surface area contributed by atoms with Gasteiger partial charge in [-0.15, -0.1) is 0 Å². The highest BCUT2D eigenvalue weighted by atomic mass is 19.4. The first-order valence-electron chi connectivity index (χ1n) is 7.69. The van der Waals surface area contributed by atoms with Crippen LogP contribution in [0, 0.1) is 5.92 Å². The highest BCUT2D eigenvalue weighted by Gasteiger charge is 2.58. The van der Waals surface area contributed by atoms with Crippen LogP contribution in [-0.4, -0.2) is 32.8 Å². The molecule has 2 rings (SSSR count). The molecule has 8 heteroatoms. The van der Waals surface area contributed by atoms with Gasteiger partial charge >= 0.3 is 6.18 Å². The molecule has 1 amide bonds. The van der Waals surface area contributed by atoms with Crippen molar-refractivity contribution in [1.29, 1.82) is 0 Å². The van der Waals surface area contributed by atoms with Gasteiger partial charge in [-0.1, -0.05) is 6.92 Å². The van der Waals surface area contributed by atoms with Crippen molar-refractivity contribution >= 4 is 5.91 Å². The van der Waals surface area contributed by atoms with Gasteiger partial charge in [0.25, 0.3) is 0 Å². The number of nitrogens with zero attached hydrogens (tertiary/aromatic N) is 2. The van der Waals surface area contributed by atoms with Crippen molar-refractivity contribution < 1.29 is 23.1 Å². The Hall–Kier alpha value is -1.57. The number of hydrogen-bond donors (Lipinski definition) is 2. The third kappa shape index (κ3) is 3.85. The second kappa shape index (κ2) is 6.51. The van der Waals surface area contributed by atoms with Crippen LogP contribution in [0.15, 0.2) is 12.4 Å². The molecule has 130 valence electrons. The molecule has 0 saturated heterocycles. The van der Waals surface area contributed by atoms with E-state index in [4.69, 9.17) is 0 Å². The number of carbonyl (C=O) groups is 1. The maximum atomic E-state index is 13.4. The van der Waals surface area contributed by atoms with Gasteiger partial charge in [0.05, 0.1) is 6.42 Å². The zero-order valence-electron chi connectivity index (χ0n) is 13.2. The number of amides is 1. The first kappa shape index (κ1) is 17.8. The van der Waals surface area contributed by atoms with Gasteiger partial charge in [0.1, 0.15) is 0 Å². The van der Waals surface area contributed by atoms with Gasteiger partial charge in [0.15, 0.2) is 5.82 Å². The molecule has 0 radical (unpaired) electrons. The van der Waals surface area contributed by atoms with E-state index in [1.54, 1.807) is 0 Å². The van der Waals surface area contributed by atoms with E-state index in [2.05, 4.69) is 17.2 Å². The number of rotatable bonds is 4. The van der Waals surface area contributed by atoms with Crippen LogP contribution >= 0.6 is 0 Å². The number of imidazole rings is 1. The molecule has 1 aromatic heterocycles. The standard InChI is InChI=1S/C15H22F3N3O2/c1-10-3-5-11(6-4-10)20-12(22)9-14(23,15(16,17)18)13-19-7-8-21(13)2/h7-8,10-11,23H,3-6,9H2,1-2H3,(H,20,22)/t10?,11?,14-/m1/s1. The Kier molecular flexibility index (Phi) is 5.03. The number of aromatic nitrogens is 2. The van der Waals surface area contributed by atoms with Crippen molar-refractivity contribution in [3.05, 3.63) is 18.2 Å². The number of aliphatic hydroxyl groups is 1. The van der Waals surface area contributed by atoms with Gasteiger partial charge in [0.2, 0.25) is 11.5 Å². The summed E-state index contributed by atoms with van der Waals surface area (Å²) in [6.07, 6.45) is -0.252. The Morgan fingerprint density at radius 1 is 1.39 bits per heavy atom. The first-order valence-corrected chi connectivity index (χ1v) is 7.69. The Labute approximate surface area is 132 Å². The maximum Gasteiger partial charge on any atom is 0.425 e. The number of aryl methyl sites for hydroxylation is 1. The normalized spacial score (nSPS) is 25.0. The second-order valence-corrected chi connectivity index (χ2v) is 6.42. The lowest BCUT2D eigenvalue weighted by molar-refractivity contribution is -0.271. The van der Waals surface area contributed by atoms with E-state index in [1.807, 2.05) is 0 Å². The van der Waals surface area contributed by atoms with Crippen LogP contribution in [0.1, 0.15) is 44.9 Å². The molecule has 1 aliphatic carbocycles. The molecule has 5 nitrogen and oxygen atoms in total. The molecule has 1 aliphatic rings. The second-order valence-electron chi connectivity index (χ2n) is 6.42. The molecule has 0 spiro atoms. The third-order valence-electron chi connectivity index (χ3n) is 4.46. The Morgan fingerprint density at radius 2 is 2.00 bits per heavy atom. The molecular weight excluding hydrogens is 311 g/mol. The van der Waals surface area contributed by atoms with Crippen molar-refractivity contribution in [1.82, 2.24) is 14.9 Å². The van der Waals surface area contributed by atoms with E-state index in [9.17, 15) is 23.1 Å². The molecule has 23 heavy (non-hydrogen) atoms. The van der Waals surface area contributed by atoms with E-state index in [0.717, 1.165) is 36.4 Å². The van der Waals surface area contributed by atoms with Crippen LogP contribution in [0.25, 0.3) is 0 Å². The van der Waals surface area contributed by atoms with Gasteiger partial charge in [-0.25, -0.2) is 4.98 Å². The molecule has 0 bridgehead atoms. The topological polar surface area (TPSA) is 67.2 Å². The molecule has 0 unspecified atom stereocenters. The fraction of sp³-hybridized carbons (Fsp3) is 0.733. The van der Waals surface area contributed by atoms with Gasteiger partial charge in [0, 0.05) is 25.5 Å². The van der Waals surface area contributed by atoms with Gasteiger partial charge in [-0.3, -0.25) is 4.79 Å². The Morgan fingerprint density at radius 3 is 2.48 bits per heavy atom. The van der Waals surface area contributed by atoms with Crippen LogP contribution in [0.5, 0.6) is 0 Å². The van der Waals surface area contributed by atoms with Crippen LogP contribution < -0.4 is 5.32 Å². The minimum absolute atomic E-state index is 0.127. The predicted octanol–water partition coefficient (Wildman–Crippen LogP) is 2.25. The highest BCUT2D eigenvalue weighted by molar-refractivity contribution is 5.77. The van der Waals surface area contributed by atoms with E-state index >= 15 is 0 Å². The number of hydrogen-bond acceptors (Lipinski definition) is 3. The minimum Gasteiger partial charge on any atom is -0.374 e. The molecule has 1 aromatic rings. The molecule has 1 heterocycles. The summed E-state index contributed by atoms with van der Waals surface area (Å²) in [5.74, 6) is -0.826. The molecule has 1 atom stereocenters. The van der Waals surface area contributed by atoms with Crippen LogP contribution in [0.2, 0.25) is 0 Å². The Bertz CT molecular complexity index is 550. The van der Waals surface area contributed by atoms with Crippen molar-refractivity contribution in [3.8, 4) is 0 Å². The quantitative estimate of drug-likeness (QED) is 0.888. The smallest absolute Gasteiger partial charge is 0.374 e. The summed E-state index contributed by atoms with van der Waals surface area (Å²) in [5.41, 5.74) is -3.29. The van der Waals surface area contributed by atoms with E-state index in [-0.39, 0.29) is 6.04 Å². The van der Waals surface area contributed by atoms with E-state index in [0.29, 0.717) is 5.92 Å². The van der Waals surface area contributed by atoms with Crippen LogP contribution in [-0.2, 0) is 17.4 Å². The predicted molar refractivity (Wildman–Crippen MR) is 77.3 cm³/mol. The molecule has 0 aliphatic heterocycles. The molecular formula is C15H22F3N3O2. The van der Waals surface area contributed by atoms with Gasteiger partial charge < -0.3 is 15.0 Å². The van der Waals surface area contributed by atoms with E-state index in [1.165, 1.54) is 13.2 Å². The summed E-state index contributed by atoms with van der Waals surface area (Å²) < 4.78 is 41.1. The fourth-order valence-corrected chi connectivity index (χ4v) is 2.99. The lowest BCUT2D eigenvalue weighted by atomic mass is 9.87. The fourth-order valence-electron chi connectivity index (χ4n) is 2.99. The summed E-state index contributed by atoms with van der Waals surface area (Å²) in [6.45, 7) is 2.11. The van der Waals surface area contributed by atoms with Crippen LogP contribution in [0.3, 0.4) is 0 Å². The van der Waals surface area contributed by atoms with Crippen molar-refractivity contribution in [2.75, 3.05) is 0 Å². The monoisotopic (exact) mass is 333 g/mol. The largest absolute Gasteiger partial charge is 0.425 e. The lowest BCUT2D eigenvalue weighted by Gasteiger charge is -2.31. The van der Waals surface area contributed by atoms with Crippen molar-refractivity contribution in [2.24, 2.45) is 13.0 Å². The Balaban J connectivity index is 2.10. The molecule has 1 saturated carbocycles. The molecule has 1 fully saturated rings. The number of carbonyl (C=O) groups excluding carboxylic acids is 1. The third-order valence-corrected chi connectivity index (χ3v) is 4.46. The van der Waals surface area contributed by atoms with Crippen LogP contribution in [0.4, 0.5) is 13.2 Å². The number of nitrogens with one attached hydrogen (secondary N) is 1.